The predicted molar refractivity (Wildman–Crippen MR) is 77.4 cm³/mol. The number of hydrogen-bond acceptors (Lipinski definition) is 4. The maximum absolute atomic E-state index is 8.45. The fourth-order valence-corrected chi connectivity index (χ4v) is 2.37. The predicted octanol–water partition coefficient (Wildman–Crippen LogP) is 2.50. The van der Waals surface area contributed by atoms with Gasteiger partial charge in [-0.3, -0.25) is 0 Å². The Hall–Kier alpha value is -1.57. The minimum Gasteiger partial charge on any atom is -0.479 e. The Bertz CT molecular complexity index is 445. The van der Waals surface area contributed by atoms with Crippen LogP contribution in [-0.4, -0.2) is 26.4 Å². The van der Waals surface area contributed by atoms with Crippen LogP contribution in [0.25, 0.3) is 0 Å². The molecule has 1 aromatic rings. The Morgan fingerprint density at radius 2 is 2.00 bits per heavy atom. The third-order valence-corrected chi connectivity index (χ3v) is 3.81. The number of ether oxygens (including phenoxy) is 2. The number of nitriles is 1. The van der Waals surface area contributed by atoms with Gasteiger partial charge in [-0.15, -0.1) is 0 Å². The zero-order valence-corrected chi connectivity index (χ0v) is 12.0. The molecule has 1 saturated heterocycles. The monoisotopic (exact) mass is 274 g/mol. The quantitative estimate of drug-likeness (QED) is 0.866. The first-order chi connectivity index (χ1) is 9.72. The van der Waals surface area contributed by atoms with Gasteiger partial charge in [0.2, 0.25) is 0 Å². The zero-order valence-electron chi connectivity index (χ0n) is 12.0. The molecule has 4 nitrogen and oxygen atoms in total. The van der Waals surface area contributed by atoms with Crippen LogP contribution in [0, 0.1) is 16.7 Å². The van der Waals surface area contributed by atoms with Gasteiger partial charge < -0.3 is 14.8 Å². The molecule has 0 aliphatic carbocycles. The lowest BCUT2D eigenvalue weighted by Gasteiger charge is -2.33. The van der Waals surface area contributed by atoms with Crippen molar-refractivity contribution in [3.63, 3.8) is 0 Å². The van der Waals surface area contributed by atoms with Gasteiger partial charge in [0.05, 0.1) is 0 Å². The molecule has 0 atom stereocenters. The average Bonchev–Trinajstić information content (AvgIpc) is 2.47. The van der Waals surface area contributed by atoms with Crippen LogP contribution in [0.3, 0.4) is 0 Å². The Morgan fingerprint density at radius 1 is 1.30 bits per heavy atom. The van der Waals surface area contributed by atoms with E-state index in [1.165, 1.54) is 5.56 Å². The van der Waals surface area contributed by atoms with E-state index in [-0.39, 0.29) is 6.61 Å². The number of rotatable bonds is 6. The summed E-state index contributed by atoms with van der Waals surface area (Å²) in [4.78, 5) is 0. The van der Waals surface area contributed by atoms with Crippen molar-refractivity contribution >= 4 is 0 Å². The van der Waals surface area contributed by atoms with Crippen LogP contribution >= 0.6 is 0 Å². The molecule has 1 heterocycles. The summed E-state index contributed by atoms with van der Waals surface area (Å²) in [7, 11) is 0. The molecule has 108 valence electrons. The van der Waals surface area contributed by atoms with Gasteiger partial charge in [0, 0.05) is 26.3 Å². The molecule has 4 heteroatoms. The summed E-state index contributed by atoms with van der Waals surface area (Å²) in [6.07, 6.45) is 2.25. The van der Waals surface area contributed by atoms with Crippen molar-refractivity contribution in [1.29, 1.82) is 5.26 Å². The van der Waals surface area contributed by atoms with Crippen molar-refractivity contribution in [2.45, 2.75) is 26.3 Å². The average molecular weight is 274 g/mol. The van der Waals surface area contributed by atoms with E-state index in [1.54, 1.807) is 0 Å². The van der Waals surface area contributed by atoms with Gasteiger partial charge in [-0.25, -0.2) is 0 Å². The number of hydrogen-bond donors (Lipinski definition) is 1. The summed E-state index contributed by atoms with van der Waals surface area (Å²) in [6, 6.07) is 9.84. The van der Waals surface area contributed by atoms with Crippen molar-refractivity contribution in [1.82, 2.24) is 5.32 Å². The van der Waals surface area contributed by atoms with Crippen molar-refractivity contribution in [2.75, 3.05) is 26.4 Å². The Balaban J connectivity index is 1.75. The highest BCUT2D eigenvalue weighted by atomic mass is 16.5. The SMILES string of the molecule is CC1(CNCc2ccc(OCC#N)cc2)CCOCC1. The van der Waals surface area contributed by atoms with Crippen LogP contribution in [0.5, 0.6) is 5.75 Å². The molecule has 1 aliphatic rings. The van der Waals surface area contributed by atoms with Crippen LogP contribution < -0.4 is 10.1 Å². The summed E-state index contributed by atoms with van der Waals surface area (Å²) in [5.41, 5.74) is 1.58. The minimum absolute atomic E-state index is 0.0953. The van der Waals surface area contributed by atoms with Crippen molar-refractivity contribution in [3.05, 3.63) is 29.8 Å². The second-order valence-electron chi connectivity index (χ2n) is 5.62. The lowest BCUT2D eigenvalue weighted by Crippen LogP contribution is -2.36. The van der Waals surface area contributed by atoms with E-state index in [1.807, 2.05) is 30.3 Å². The molecule has 0 aromatic heterocycles. The molecule has 1 N–H and O–H groups in total. The molecule has 0 spiro atoms. The topological polar surface area (TPSA) is 54.3 Å². The molecule has 0 bridgehead atoms. The van der Waals surface area contributed by atoms with Crippen LogP contribution in [0.15, 0.2) is 24.3 Å². The summed E-state index contributed by atoms with van der Waals surface area (Å²) >= 11 is 0. The van der Waals surface area contributed by atoms with E-state index in [2.05, 4.69) is 12.2 Å². The summed E-state index contributed by atoms with van der Waals surface area (Å²) < 4.78 is 10.6. The normalized spacial score (nSPS) is 17.4. The highest BCUT2D eigenvalue weighted by Gasteiger charge is 2.26. The van der Waals surface area contributed by atoms with Crippen molar-refractivity contribution in [3.8, 4) is 11.8 Å². The molecule has 0 saturated carbocycles. The maximum Gasteiger partial charge on any atom is 0.174 e. The fraction of sp³-hybridized carbons (Fsp3) is 0.562. The van der Waals surface area contributed by atoms with Gasteiger partial charge in [-0.05, 0) is 36.0 Å². The highest BCUT2D eigenvalue weighted by Crippen LogP contribution is 2.28. The Morgan fingerprint density at radius 3 is 2.65 bits per heavy atom. The lowest BCUT2D eigenvalue weighted by atomic mass is 9.82. The van der Waals surface area contributed by atoms with Crippen LogP contribution in [0.1, 0.15) is 25.3 Å². The minimum atomic E-state index is 0.0953. The van der Waals surface area contributed by atoms with E-state index in [0.717, 1.165) is 44.9 Å². The maximum atomic E-state index is 8.45. The first-order valence-corrected chi connectivity index (χ1v) is 7.09. The van der Waals surface area contributed by atoms with Gasteiger partial charge >= 0.3 is 0 Å². The van der Waals surface area contributed by atoms with E-state index >= 15 is 0 Å². The van der Waals surface area contributed by atoms with E-state index in [4.69, 9.17) is 14.7 Å². The lowest BCUT2D eigenvalue weighted by molar-refractivity contribution is 0.0240. The smallest absolute Gasteiger partial charge is 0.174 e. The van der Waals surface area contributed by atoms with Crippen LogP contribution in [-0.2, 0) is 11.3 Å². The van der Waals surface area contributed by atoms with Gasteiger partial charge in [-0.2, -0.15) is 5.26 Å². The Labute approximate surface area is 120 Å². The molecule has 2 rings (SSSR count). The molecule has 0 radical (unpaired) electrons. The molecule has 0 unspecified atom stereocenters. The molecule has 1 aromatic carbocycles. The third kappa shape index (κ3) is 4.52. The standard InChI is InChI=1S/C16H22N2O2/c1-16(6-9-19-10-7-16)13-18-12-14-2-4-15(5-3-14)20-11-8-17/h2-5,18H,6-7,9-13H2,1H3. The molecule has 20 heavy (non-hydrogen) atoms. The summed E-state index contributed by atoms with van der Waals surface area (Å²) in [6.45, 7) is 6.05. The van der Waals surface area contributed by atoms with E-state index < -0.39 is 0 Å². The zero-order chi connectivity index (χ0) is 14.3. The van der Waals surface area contributed by atoms with Crippen molar-refractivity contribution in [2.24, 2.45) is 5.41 Å². The first-order valence-electron chi connectivity index (χ1n) is 7.09. The number of nitrogens with one attached hydrogen (secondary N) is 1. The Kier molecular flexibility index (Phi) is 5.40. The molecular formula is C16H22N2O2. The van der Waals surface area contributed by atoms with Crippen LogP contribution in [0.2, 0.25) is 0 Å². The largest absolute Gasteiger partial charge is 0.479 e. The molecular weight excluding hydrogens is 252 g/mol. The van der Waals surface area contributed by atoms with Gasteiger partial charge in [0.1, 0.15) is 11.8 Å². The first kappa shape index (κ1) is 14.8. The number of nitrogens with zero attached hydrogens (tertiary/aromatic N) is 1. The highest BCUT2D eigenvalue weighted by molar-refractivity contribution is 5.27. The molecule has 1 aliphatic heterocycles. The number of benzene rings is 1. The molecule has 1 fully saturated rings. The summed E-state index contributed by atoms with van der Waals surface area (Å²) in [5.74, 6) is 0.742. The van der Waals surface area contributed by atoms with Crippen LogP contribution in [0.4, 0.5) is 0 Å². The van der Waals surface area contributed by atoms with E-state index in [9.17, 15) is 0 Å². The fourth-order valence-electron chi connectivity index (χ4n) is 2.37. The van der Waals surface area contributed by atoms with Gasteiger partial charge in [0.25, 0.3) is 0 Å². The van der Waals surface area contributed by atoms with Gasteiger partial charge in [0.15, 0.2) is 6.61 Å². The van der Waals surface area contributed by atoms with Crippen molar-refractivity contribution < 1.29 is 9.47 Å². The second kappa shape index (κ2) is 7.28. The van der Waals surface area contributed by atoms with Gasteiger partial charge in [-0.1, -0.05) is 19.1 Å². The third-order valence-electron chi connectivity index (χ3n) is 3.81. The summed E-state index contributed by atoms with van der Waals surface area (Å²) in [5, 5.41) is 12.0. The second-order valence-corrected chi connectivity index (χ2v) is 5.62. The van der Waals surface area contributed by atoms with E-state index in [0.29, 0.717) is 5.41 Å². The molecule has 0 amide bonds.